The molecule has 0 unspecified atom stereocenters. The Hall–Kier alpha value is -1.43. The summed E-state index contributed by atoms with van der Waals surface area (Å²) in [4.78, 5) is 22.8. The van der Waals surface area contributed by atoms with Crippen molar-refractivity contribution >= 4 is 17.5 Å². The van der Waals surface area contributed by atoms with Crippen LogP contribution < -0.4 is 10.7 Å². The number of ether oxygens (including phenoxy) is 1. The molecule has 2 aliphatic heterocycles. The van der Waals surface area contributed by atoms with E-state index in [9.17, 15) is 9.59 Å². The number of carbonyl (C=O) groups is 2. The lowest BCUT2D eigenvalue weighted by molar-refractivity contribution is -0.121. The summed E-state index contributed by atoms with van der Waals surface area (Å²) >= 11 is 0. The molecule has 0 aromatic carbocycles. The van der Waals surface area contributed by atoms with Crippen LogP contribution in [0.5, 0.6) is 0 Å². The van der Waals surface area contributed by atoms with Gasteiger partial charge < -0.3 is 10.1 Å². The van der Waals surface area contributed by atoms with Crippen LogP contribution in [-0.4, -0.2) is 37.3 Å². The first-order valence-corrected chi connectivity index (χ1v) is 6.30. The smallest absolute Gasteiger partial charge is 0.267 e. The molecular weight excluding hydrogens is 234 g/mol. The van der Waals surface area contributed by atoms with Crippen molar-refractivity contribution < 1.29 is 14.3 Å². The fraction of sp³-hybridized carbons (Fsp3) is 0.750. The normalized spacial score (nSPS) is 22.9. The van der Waals surface area contributed by atoms with Crippen LogP contribution in [0, 0.1) is 5.41 Å². The summed E-state index contributed by atoms with van der Waals surface area (Å²) in [5.74, 6) is -0.314. The molecule has 6 nitrogen and oxygen atoms in total. The molecule has 2 rings (SSSR count). The van der Waals surface area contributed by atoms with Gasteiger partial charge in [0.2, 0.25) is 5.91 Å². The number of rotatable bonds is 3. The molecule has 1 fully saturated rings. The quantitative estimate of drug-likeness (QED) is 0.753. The maximum atomic E-state index is 11.9. The van der Waals surface area contributed by atoms with Crippen molar-refractivity contribution in [1.29, 1.82) is 0 Å². The van der Waals surface area contributed by atoms with E-state index in [1.807, 2.05) is 0 Å². The van der Waals surface area contributed by atoms with Gasteiger partial charge in [-0.05, 0) is 18.3 Å². The van der Waals surface area contributed by atoms with Crippen molar-refractivity contribution in [2.45, 2.75) is 32.6 Å². The van der Waals surface area contributed by atoms with Crippen molar-refractivity contribution in [3.05, 3.63) is 0 Å². The van der Waals surface area contributed by atoms with Gasteiger partial charge in [0.05, 0.1) is 0 Å². The average molecular weight is 253 g/mol. The molecule has 0 bridgehead atoms. The number of hydrogen-bond acceptors (Lipinski definition) is 4. The number of carbonyl (C=O) groups excluding carboxylic acids is 2. The van der Waals surface area contributed by atoms with Crippen LogP contribution in [0.2, 0.25) is 0 Å². The lowest BCUT2D eigenvalue weighted by Gasteiger charge is -2.33. The van der Waals surface area contributed by atoms with Gasteiger partial charge in [-0.2, -0.15) is 5.10 Å². The van der Waals surface area contributed by atoms with Crippen LogP contribution in [0.25, 0.3) is 0 Å². The molecule has 6 heteroatoms. The monoisotopic (exact) mass is 253 g/mol. The van der Waals surface area contributed by atoms with Gasteiger partial charge in [-0.3, -0.25) is 9.59 Å². The summed E-state index contributed by atoms with van der Waals surface area (Å²) in [6.45, 7) is 4.29. The van der Waals surface area contributed by atoms with E-state index in [0.29, 0.717) is 25.1 Å². The van der Waals surface area contributed by atoms with E-state index < -0.39 is 0 Å². The van der Waals surface area contributed by atoms with E-state index in [-0.39, 0.29) is 17.2 Å². The van der Waals surface area contributed by atoms with Gasteiger partial charge in [-0.1, -0.05) is 6.92 Å². The maximum absolute atomic E-state index is 11.9. The lowest BCUT2D eigenvalue weighted by Crippen LogP contribution is -2.43. The molecule has 0 aromatic rings. The summed E-state index contributed by atoms with van der Waals surface area (Å²) in [5.41, 5.74) is 2.84. The third-order valence-corrected chi connectivity index (χ3v) is 3.54. The molecule has 0 aliphatic carbocycles. The Morgan fingerprint density at radius 2 is 2.17 bits per heavy atom. The molecule has 0 aromatic heterocycles. The first-order chi connectivity index (χ1) is 8.59. The molecule has 18 heavy (non-hydrogen) atoms. The summed E-state index contributed by atoms with van der Waals surface area (Å²) in [6.07, 6.45) is 2.65. The SMILES string of the molecule is CC1(CNC(=O)C2=NNC(=O)CC2)CCOCC1. The Morgan fingerprint density at radius 3 is 2.78 bits per heavy atom. The van der Waals surface area contributed by atoms with Gasteiger partial charge in [0.15, 0.2) is 0 Å². The molecule has 0 saturated carbocycles. The molecule has 2 N–H and O–H groups in total. The predicted octanol–water partition coefficient (Wildman–Crippen LogP) is 0.185. The van der Waals surface area contributed by atoms with Gasteiger partial charge in [0.1, 0.15) is 5.71 Å². The molecule has 2 aliphatic rings. The van der Waals surface area contributed by atoms with Crippen LogP contribution >= 0.6 is 0 Å². The zero-order valence-corrected chi connectivity index (χ0v) is 10.6. The first kappa shape index (κ1) is 13.0. The van der Waals surface area contributed by atoms with Crippen molar-refractivity contribution in [2.24, 2.45) is 10.5 Å². The molecule has 0 radical (unpaired) electrons. The molecule has 2 heterocycles. The number of hydrazone groups is 1. The summed E-state index contributed by atoms with van der Waals surface area (Å²) in [5, 5.41) is 6.68. The number of hydrogen-bond donors (Lipinski definition) is 2. The Bertz CT molecular complexity index is 373. The van der Waals surface area contributed by atoms with Crippen molar-refractivity contribution in [3.8, 4) is 0 Å². The van der Waals surface area contributed by atoms with Gasteiger partial charge in [-0.15, -0.1) is 0 Å². The maximum Gasteiger partial charge on any atom is 0.267 e. The highest BCUT2D eigenvalue weighted by molar-refractivity contribution is 6.39. The summed E-state index contributed by atoms with van der Waals surface area (Å²) in [6, 6.07) is 0. The minimum absolute atomic E-state index is 0.104. The second-order valence-electron chi connectivity index (χ2n) is 5.20. The van der Waals surface area contributed by atoms with Crippen LogP contribution in [0.4, 0.5) is 0 Å². The summed E-state index contributed by atoms with van der Waals surface area (Å²) in [7, 11) is 0. The van der Waals surface area contributed by atoms with E-state index >= 15 is 0 Å². The third-order valence-electron chi connectivity index (χ3n) is 3.54. The minimum atomic E-state index is -0.178. The summed E-state index contributed by atoms with van der Waals surface area (Å²) < 4.78 is 5.32. The van der Waals surface area contributed by atoms with Crippen molar-refractivity contribution in [2.75, 3.05) is 19.8 Å². The molecule has 1 saturated heterocycles. The number of nitrogens with zero attached hydrogens (tertiary/aromatic N) is 1. The van der Waals surface area contributed by atoms with E-state index in [2.05, 4.69) is 22.8 Å². The highest BCUT2D eigenvalue weighted by atomic mass is 16.5. The minimum Gasteiger partial charge on any atom is -0.381 e. The lowest BCUT2D eigenvalue weighted by atomic mass is 9.82. The Balaban J connectivity index is 1.82. The zero-order chi connectivity index (χ0) is 13.0. The molecular formula is C12H19N3O3. The highest BCUT2D eigenvalue weighted by Crippen LogP contribution is 2.28. The standard InChI is InChI=1S/C12H19N3O3/c1-12(4-6-18-7-5-12)8-13-11(17)9-2-3-10(16)15-14-9/h2-8H2,1H3,(H,13,17)(H,15,16). The van der Waals surface area contributed by atoms with Crippen molar-refractivity contribution in [1.82, 2.24) is 10.7 Å². The highest BCUT2D eigenvalue weighted by Gasteiger charge is 2.28. The second-order valence-corrected chi connectivity index (χ2v) is 5.20. The largest absolute Gasteiger partial charge is 0.381 e. The van der Waals surface area contributed by atoms with E-state index in [4.69, 9.17) is 4.74 Å². The van der Waals surface area contributed by atoms with Crippen LogP contribution in [-0.2, 0) is 14.3 Å². The topological polar surface area (TPSA) is 79.8 Å². The second kappa shape index (κ2) is 5.48. The van der Waals surface area contributed by atoms with Crippen LogP contribution in [0.3, 0.4) is 0 Å². The van der Waals surface area contributed by atoms with Gasteiger partial charge >= 0.3 is 0 Å². The zero-order valence-electron chi connectivity index (χ0n) is 10.6. The van der Waals surface area contributed by atoms with E-state index in [1.165, 1.54) is 0 Å². The van der Waals surface area contributed by atoms with Crippen molar-refractivity contribution in [3.63, 3.8) is 0 Å². The average Bonchev–Trinajstić information content (AvgIpc) is 2.38. The van der Waals surface area contributed by atoms with Crippen LogP contribution in [0.1, 0.15) is 32.6 Å². The Labute approximate surface area is 106 Å². The molecule has 2 amide bonds. The molecule has 0 atom stereocenters. The predicted molar refractivity (Wildman–Crippen MR) is 66.0 cm³/mol. The Morgan fingerprint density at radius 1 is 1.44 bits per heavy atom. The van der Waals surface area contributed by atoms with Crippen LogP contribution in [0.15, 0.2) is 5.10 Å². The van der Waals surface area contributed by atoms with Gasteiger partial charge in [0, 0.05) is 32.6 Å². The fourth-order valence-electron chi connectivity index (χ4n) is 2.07. The van der Waals surface area contributed by atoms with Gasteiger partial charge in [-0.25, -0.2) is 5.43 Å². The fourth-order valence-corrected chi connectivity index (χ4v) is 2.07. The Kier molecular flexibility index (Phi) is 3.96. The van der Waals surface area contributed by atoms with Gasteiger partial charge in [0.25, 0.3) is 5.91 Å². The third kappa shape index (κ3) is 3.29. The molecule has 100 valence electrons. The first-order valence-electron chi connectivity index (χ1n) is 6.30. The number of nitrogens with one attached hydrogen (secondary N) is 2. The van der Waals surface area contributed by atoms with E-state index in [0.717, 1.165) is 26.1 Å². The molecule has 0 spiro atoms. The number of amides is 2. The van der Waals surface area contributed by atoms with E-state index in [1.54, 1.807) is 0 Å².